The van der Waals surface area contributed by atoms with Crippen molar-refractivity contribution in [2.24, 2.45) is 5.73 Å². The fraction of sp³-hybridized carbons (Fsp3) is 0.292. The lowest BCUT2D eigenvalue weighted by atomic mass is 9.98. The Balaban J connectivity index is 1.66. The van der Waals surface area contributed by atoms with Gasteiger partial charge in [0.25, 0.3) is 15.9 Å². The van der Waals surface area contributed by atoms with Gasteiger partial charge in [-0.1, -0.05) is 35.9 Å². The minimum Gasteiger partial charge on any atom is -0.495 e. The van der Waals surface area contributed by atoms with Crippen LogP contribution in [0.5, 0.6) is 5.75 Å². The van der Waals surface area contributed by atoms with Gasteiger partial charge >= 0.3 is 0 Å². The largest absolute Gasteiger partial charge is 0.495 e. The van der Waals surface area contributed by atoms with Crippen LogP contribution in [0.3, 0.4) is 0 Å². The minimum absolute atomic E-state index is 0.0418. The third kappa shape index (κ3) is 6.25. The molecule has 186 valence electrons. The molecule has 2 amide bonds. The van der Waals surface area contributed by atoms with Crippen LogP contribution >= 0.6 is 0 Å². The van der Waals surface area contributed by atoms with Gasteiger partial charge in [0, 0.05) is 24.2 Å². The molecular formula is C24H29N5O5S. The number of amides is 2. The second-order valence-electron chi connectivity index (χ2n) is 8.28. The highest BCUT2D eigenvalue weighted by molar-refractivity contribution is 7.89. The van der Waals surface area contributed by atoms with Gasteiger partial charge in [0.05, 0.1) is 13.5 Å². The van der Waals surface area contributed by atoms with Gasteiger partial charge in [-0.2, -0.15) is 0 Å². The molecular weight excluding hydrogens is 470 g/mol. The van der Waals surface area contributed by atoms with Crippen LogP contribution < -0.4 is 20.6 Å². The lowest BCUT2D eigenvalue weighted by molar-refractivity contribution is -0.131. The van der Waals surface area contributed by atoms with Gasteiger partial charge in [0.2, 0.25) is 5.91 Å². The molecule has 0 aromatic heterocycles. The van der Waals surface area contributed by atoms with Crippen LogP contribution in [0.1, 0.15) is 36.5 Å². The molecule has 0 saturated carbocycles. The summed E-state index contributed by atoms with van der Waals surface area (Å²) in [5.74, 6) is -0.804. The van der Waals surface area contributed by atoms with E-state index in [-0.39, 0.29) is 47.5 Å². The molecule has 0 unspecified atom stereocenters. The highest BCUT2D eigenvalue weighted by Gasteiger charge is 2.31. The first-order chi connectivity index (χ1) is 16.5. The standard InChI is InChI=1S/C24H29N5O5S/c1-15-4-9-21(20(12-15)34-3)35(32,33)28-29-11-10-16(2)19(24(29)31)13-22(30)27-14-17-5-7-18(8-6-17)23(25)26/h4-9,12,28H,10-11,13-14H2,1-3H3,(H3,25,26)(H,27,30). The first-order valence-electron chi connectivity index (χ1n) is 10.9. The smallest absolute Gasteiger partial charge is 0.265 e. The highest BCUT2D eigenvalue weighted by Crippen LogP contribution is 2.26. The van der Waals surface area contributed by atoms with Crippen molar-refractivity contribution in [2.75, 3.05) is 13.7 Å². The Morgan fingerprint density at radius 1 is 1.17 bits per heavy atom. The molecule has 10 nitrogen and oxygen atoms in total. The van der Waals surface area contributed by atoms with Gasteiger partial charge in [-0.05, 0) is 43.5 Å². The van der Waals surface area contributed by atoms with Crippen LogP contribution in [-0.4, -0.2) is 44.7 Å². The number of hydrazine groups is 1. The number of sulfonamides is 1. The fourth-order valence-electron chi connectivity index (χ4n) is 3.61. The number of hydrogen-bond donors (Lipinski definition) is 4. The highest BCUT2D eigenvalue weighted by atomic mass is 32.2. The molecule has 35 heavy (non-hydrogen) atoms. The zero-order valence-corrected chi connectivity index (χ0v) is 20.7. The topological polar surface area (TPSA) is 155 Å². The summed E-state index contributed by atoms with van der Waals surface area (Å²) in [4.78, 5) is 27.9. The van der Waals surface area contributed by atoms with Crippen LogP contribution in [0.4, 0.5) is 0 Å². The van der Waals surface area contributed by atoms with E-state index < -0.39 is 15.9 Å². The van der Waals surface area contributed by atoms with Gasteiger partial charge in [0.15, 0.2) is 0 Å². The third-order valence-electron chi connectivity index (χ3n) is 5.66. The number of ether oxygens (including phenoxy) is 1. The van der Waals surface area contributed by atoms with Crippen LogP contribution in [0.25, 0.3) is 0 Å². The van der Waals surface area contributed by atoms with Gasteiger partial charge in [0.1, 0.15) is 16.5 Å². The van der Waals surface area contributed by atoms with Crippen molar-refractivity contribution in [3.8, 4) is 5.75 Å². The number of methoxy groups -OCH3 is 1. The van der Waals surface area contributed by atoms with Crippen LogP contribution in [0.15, 0.2) is 58.5 Å². The summed E-state index contributed by atoms with van der Waals surface area (Å²) < 4.78 is 31.1. The maximum atomic E-state index is 13.1. The Kier molecular flexibility index (Phi) is 7.92. The molecule has 5 N–H and O–H groups in total. The van der Waals surface area contributed by atoms with E-state index in [4.69, 9.17) is 15.9 Å². The van der Waals surface area contributed by atoms with Crippen molar-refractivity contribution >= 4 is 27.7 Å². The van der Waals surface area contributed by atoms with E-state index in [9.17, 15) is 18.0 Å². The van der Waals surface area contributed by atoms with Crippen molar-refractivity contribution < 1.29 is 22.7 Å². The number of aryl methyl sites for hydroxylation is 1. The van der Waals surface area contributed by atoms with Crippen molar-refractivity contribution in [2.45, 2.75) is 38.1 Å². The zero-order valence-electron chi connectivity index (χ0n) is 19.8. The average molecular weight is 500 g/mol. The Hall–Kier alpha value is -3.70. The number of carbonyl (C=O) groups is 2. The maximum absolute atomic E-state index is 13.1. The molecule has 3 rings (SSSR count). The Bertz CT molecular complexity index is 1290. The lowest BCUT2D eigenvalue weighted by Gasteiger charge is -2.29. The summed E-state index contributed by atoms with van der Waals surface area (Å²) >= 11 is 0. The molecule has 0 spiro atoms. The number of nitrogens with two attached hydrogens (primary N) is 1. The van der Waals surface area contributed by atoms with Crippen LogP contribution in [-0.2, 0) is 26.2 Å². The average Bonchev–Trinajstić information content (AvgIpc) is 2.82. The molecule has 1 aliphatic rings. The van der Waals surface area contributed by atoms with E-state index in [2.05, 4.69) is 10.1 Å². The number of nitrogen functional groups attached to an aromatic ring is 1. The Morgan fingerprint density at radius 2 is 1.86 bits per heavy atom. The third-order valence-corrected chi connectivity index (χ3v) is 7.04. The molecule has 1 aliphatic heterocycles. The fourth-order valence-corrected chi connectivity index (χ4v) is 4.82. The van der Waals surface area contributed by atoms with E-state index in [1.807, 2.05) is 6.92 Å². The Morgan fingerprint density at radius 3 is 2.49 bits per heavy atom. The Labute approximate surface area is 204 Å². The molecule has 1 heterocycles. The van der Waals surface area contributed by atoms with Crippen LogP contribution in [0.2, 0.25) is 0 Å². The van der Waals surface area contributed by atoms with Gasteiger partial charge < -0.3 is 15.8 Å². The number of benzene rings is 2. The predicted molar refractivity (Wildman–Crippen MR) is 131 cm³/mol. The van der Waals surface area contributed by atoms with E-state index in [0.29, 0.717) is 12.0 Å². The van der Waals surface area contributed by atoms with E-state index in [0.717, 1.165) is 21.7 Å². The van der Waals surface area contributed by atoms with Gasteiger partial charge in [-0.3, -0.25) is 20.0 Å². The minimum atomic E-state index is -4.09. The van der Waals surface area contributed by atoms with Crippen molar-refractivity contribution in [3.63, 3.8) is 0 Å². The second-order valence-corrected chi connectivity index (χ2v) is 9.91. The summed E-state index contributed by atoms with van der Waals surface area (Å²) in [5, 5.41) is 11.2. The molecule has 2 aromatic rings. The van der Waals surface area contributed by atoms with Gasteiger partial charge in [-0.25, -0.2) is 8.42 Å². The second kappa shape index (κ2) is 10.7. The number of nitrogens with zero attached hydrogens (tertiary/aromatic N) is 1. The summed E-state index contributed by atoms with van der Waals surface area (Å²) in [7, 11) is -2.72. The quantitative estimate of drug-likeness (QED) is 0.304. The molecule has 11 heteroatoms. The normalized spacial score (nSPS) is 14.1. The molecule has 2 aromatic carbocycles. The number of rotatable bonds is 9. The monoisotopic (exact) mass is 499 g/mol. The predicted octanol–water partition coefficient (Wildman–Crippen LogP) is 1.74. The van der Waals surface area contributed by atoms with Crippen molar-refractivity contribution in [1.82, 2.24) is 15.2 Å². The summed E-state index contributed by atoms with van der Waals surface area (Å²) in [5.41, 5.74) is 8.65. The summed E-state index contributed by atoms with van der Waals surface area (Å²) in [6.07, 6.45) is 0.247. The summed E-state index contributed by atoms with van der Waals surface area (Å²) in [6.45, 7) is 3.95. The number of nitrogens with one attached hydrogen (secondary N) is 3. The molecule has 0 saturated heterocycles. The van der Waals surface area contributed by atoms with E-state index >= 15 is 0 Å². The maximum Gasteiger partial charge on any atom is 0.265 e. The first-order valence-corrected chi connectivity index (χ1v) is 12.4. The van der Waals surface area contributed by atoms with Gasteiger partial charge in [-0.15, -0.1) is 4.83 Å². The van der Waals surface area contributed by atoms with Crippen molar-refractivity contribution in [1.29, 1.82) is 5.41 Å². The first kappa shape index (κ1) is 25.9. The lowest BCUT2D eigenvalue weighted by Crippen LogP contribution is -2.49. The molecule has 0 fully saturated rings. The summed E-state index contributed by atoms with van der Waals surface area (Å²) in [6, 6.07) is 11.5. The zero-order chi connectivity index (χ0) is 25.8. The number of hydrogen-bond acceptors (Lipinski definition) is 6. The molecule has 0 atom stereocenters. The van der Waals surface area contributed by atoms with E-state index in [1.54, 1.807) is 43.3 Å². The van der Waals surface area contributed by atoms with Crippen molar-refractivity contribution in [3.05, 3.63) is 70.3 Å². The molecule has 0 aliphatic carbocycles. The van der Waals surface area contributed by atoms with E-state index in [1.165, 1.54) is 13.2 Å². The number of amidine groups is 1. The molecule has 0 radical (unpaired) electrons. The number of carbonyl (C=O) groups excluding carboxylic acids is 2. The SMILES string of the molecule is COc1cc(C)ccc1S(=O)(=O)NN1CCC(C)=C(CC(=O)NCc2ccc(C(=N)N)cc2)C1=O. The molecule has 0 bridgehead atoms. The van der Waals surface area contributed by atoms with Crippen LogP contribution in [0, 0.1) is 12.3 Å².